The van der Waals surface area contributed by atoms with Gasteiger partial charge in [0.25, 0.3) is 5.91 Å². The number of carbonyl (C=O) groups is 2. The van der Waals surface area contributed by atoms with E-state index in [4.69, 9.17) is 9.47 Å². The van der Waals surface area contributed by atoms with Crippen LogP contribution < -0.4 is 4.74 Å². The number of Topliss-reactive ketones (excluding diaryl/α,β-unsaturated/α-hetero) is 1. The molecule has 0 bridgehead atoms. The highest BCUT2D eigenvalue weighted by Crippen LogP contribution is 2.48. The summed E-state index contributed by atoms with van der Waals surface area (Å²) in [6.45, 7) is 9.95. The summed E-state index contributed by atoms with van der Waals surface area (Å²) in [5.41, 5.74) is 1.42. The Bertz CT molecular complexity index is 953. The van der Waals surface area contributed by atoms with E-state index in [0.717, 1.165) is 31.4 Å². The van der Waals surface area contributed by atoms with E-state index in [2.05, 4.69) is 25.3 Å². The molecule has 0 aromatic heterocycles. The zero-order valence-corrected chi connectivity index (χ0v) is 20.3. The van der Waals surface area contributed by atoms with Gasteiger partial charge in [-0.2, -0.15) is 0 Å². The molecular formula is C27H36N2O4. The van der Waals surface area contributed by atoms with Crippen LogP contribution in [0.2, 0.25) is 0 Å². The minimum Gasteiger partial charge on any atom is -0.490 e. The van der Waals surface area contributed by atoms with E-state index in [0.29, 0.717) is 36.3 Å². The van der Waals surface area contributed by atoms with Crippen LogP contribution in [0.15, 0.2) is 48.3 Å². The van der Waals surface area contributed by atoms with E-state index in [1.807, 2.05) is 43.3 Å². The standard InChI is InChI=1S/C27H36N2O4/c1-6-13-32-20-10-7-9-19(16-20)24-23-25(30)21-14-17(2)18(3)15-22(21)33-26(23)27(31)29(24)12-8-11-28(4)5/h6-7,9-10,16-18,21-22,24H,1,8,11-15H2,2-5H3. The van der Waals surface area contributed by atoms with Gasteiger partial charge in [-0.05, 0) is 69.4 Å². The van der Waals surface area contributed by atoms with Gasteiger partial charge in [-0.25, -0.2) is 0 Å². The molecule has 6 heteroatoms. The minimum absolute atomic E-state index is 0.0888. The Balaban J connectivity index is 1.71. The summed E-state index contributed by atoms with van der Waals surface area (Å²) in [5.74, 6) is 1.66. The molecule has 1 amide bonds. The number of fused-ring (bicyclic) bond motifs is 1. The lowest BCUT2D eigenvalue weighted by molar-refractivity contribution is -0.137. The third kappa shape index (κ3) is 4.58. The summed E-state index contributed by atoms with van der Waals surface area (Å²) in [4.78, 5) is 31.3. The molecule has 2 aliphatic heterocycles. The maximum Gasteiger partial charge on any atom is 0.290 e. The fourth-order valence-corrected chi connectivity index (χ4v) is 5.37. The average molecular weight is 453 g/mol. The number of hydrogen-bond donors (Lipinski definition) is 0. The van der Waals surface area contributed by atoms with Crippen LogP contribution >= 0.6 is 0 Å². The number of nitrogens with zero attached hydrogens (tertiary/aromatic N) is 2. The molecule has 2 heterocycles. The Hall–Kier alpha value is -2.60. The molecule has 0 N–H and O–H groups in total. The zero-order chi connectivity index (χ0) is 23.7. The molecule has 4 rings (SSSR count). The van der Waals surface area contributed by atoms with Crippen LogP contribution in [0.5, 0.6) is 5.75 Å². The highest BCUT2D eigenvalue weighted by molar-refractivity contribution is 6.11. The number of ketones is 1. The van der Waals surface area contributed by atoms with Crippen LogP contribution in [0.1, 0.15) is 44.7 Å². The summed E-state index contributed by atoms with van der Waals surface area (Å²) >= 11 is 0. The van der Waals surface area contributed by atoms with Crippen molar-refractivity contribution in [1.29, 1.82) is 0 Å². The number of rotatable bonds is 8. The molecule has 0 saturated heterocycles. The van der Waals surface area contributed by atoms with Gasteiger partial charge in [-0.15, -0.1) is 0 Å². The predicted octanol–water partition coefficient (Wildman–Crippen LogP) is 3.99. The van der Waals surface area contributed by atoms with Crippen molar-refractivity contribution in [3.05, 3.63) is 53.8 Å². The second kappa shape index (κ2) is 9.72. The van der Waals surface area contributed by atoms with Crippen LogP contribution in [0.4, 0.5) is 0 Å². The summed E-state index contributed by atoms with van der Waals surface area (Å²) in [6, 6.07) is 7.26. The van der Waals surface area contributed by atoms with Crippen LogP contribution in [0, 0.1) is 17.8 Å². The van der Waals surface area contributed by atoms with Crippen molar-refractivity contribution in [2.24, 2.45) is 17.8 Å². The fourth-order valence-electron chi connectivity index (χ4n) is 5.37. The Kier molecular flexibility index (Phi) is 6.94. The van der Waals surface area contributed by atoms with Crippen molar-refractivity contribution in [2.45, 2.75) is 45.3 Å². The van der Waals surface area contributed by atoms with Crippen molar-refractivity contribution in [1.82, 2.24) is 9.80 Å². The highest BCUT2D eigenvalue weighted by Gasteiger charge is 2.53. The topological polar surface area (TPSA) is 59.1 Å². The van der Waals surface area contributed by atoms with E-state index in [-0.39, 0.29) is 29.5 Å². The molecule has 6 nitrogen and oxygen atoms in total. The number of hydrogen-bond acceptors (Lipinski definition) is 5. The lowest BCUT2D eigenvalue weighted by Crippen LogP contribution is -2.43. The average Bonchev–Trinajstić information content (AvgIpc) is 3.06. The lowest BCUT2D eigenvalue weighted by Gasteiger charge is -2.40. The molecule has 0 radical (unpaired) electrons. The second-order valence-electron chi connectivity index (χ2n) is 10.0. The summed E-state index contributed by atoms with van der Waals surface area (Å²) in [6.07, 6.45) is 3.95. The van der Waals surface area contributed by atoms with E-state index in [1.165, 1.54) is 0 Å². The number of ether oxygens (including phenoxy) is 2. The van der Waals surface area contributed by atoms with Gasteiger partial charge in [-0.3, -0.25) is 9.59 Å². The van der Waals surface area contributed by atoms with Gasteiger partial charge in [0, 0.05) is 6.54 Å². The molecule has 1 saturated carbocycles. The van der Waals surface area contributed by atoms with Gasteiger partial charge in [0.15, 0.2) is 11.5 Å². The van der Waals surface area contributed by atoms with Gasteiger partial charge < -0.3 is 19.3 Å². The van der Waals surface area contributed by atoms with Gasteiger partial charge in [0.05, 0.1) is 17.5 Å². The zero-order valence-electron chi connectivity index (χ0n) is 20.3. The minimum atomic E-state index is -0.440. The normalized spacial score (nSPS) is 29.1. The molecule has 33 heavy (non-hydrogen) atoms. The van der Waals surface area contributed by atoms with Gasteiger partial charge in [0.1, 0.15) is 18.5 Å². The van der Waals surface area contributed by atoms with Crippen LogP contribution in [0.3, 0.4) is 0 Å². The predicted molar refractivity (Wildman–Crippen MR) is 128 cm³/mol. The van der Waals surface area contributed by atoms with Gasteiger partial charge in [0.2, 0.25) is 0 Å². The van der Waals surface area contributed by atoms with Crippen molar-refractivity contribution >= 4 is 11.7 Å². The third-order valence-corrected chi connectivity index (χ3v) is 7.35. The van der Waals surface area contributed by atoms with E-state index in [1.54, 1.807) is 6.08 Å². The SMILES string of the molecule is C=CCOc1cccc(C2C3=C(OC4CC(C)C(C)CC4C3=O)C(=O)N2CCCN(C)C)c1. The quantitative estimate of drug-likeness (QED) is 0.558. The first kappa shape index (κ1) is 23.6. The van der Waals surface area contributed by atoms with Crippen LogP contribution in [0.25, 0.3) is 0 Å². The molecule has 5 unspecified atom stereocenters. The van der Waals surface area contributed by atoms with Crippen LogP contribution in [-0.2, 0) is 14.3 Å². The van der Waals surface area contributed by atoms with Crippen molar-refractivity contribution < 1.29 is 19.1 Å². The van der Waals surface area contributed by atoms with Crippen molar-refractivity contribution in [3.63, 3.8) is 0 Å². The maximum atomic E-state index is 13.8. The molecule has 0 spiro atoms. The summed E-state index contributed by atoms with van der Waals surface area (Å²) in [7, 11) is 4.04. The lowest BCUT2D eigenvalue weighted by atomic mass is 9.70. The Morgan fingerprint density at radius 3 is 2.70 bits per heavy atom. The van der Waals surface area contributed by atoms with E-state index < -0.39 is 6.04 Å². The maximum absolute atomic E-state index is 13.8. The fraction of sp³-hybridized carbons (Fsp3) is 0.556. The monoisotopic (exact) mass is 452 g/mol. The first-order valence-corrected chi connectivity index (χ1v) is 12.1. The molecular weight excluding hydrogens is 416 g/mol. The first-order valence-electron chi connectivity index (χ1n) is 12.1. The summed E-state index contributed by atoms with van der Waals surface area (Å²) < 4.78 is 12.1. The van der Waals surface area contributed by atoms with Gasteiger partial charge in [-0.1, -0.05) is 38.6 Å². The first-order chi connectivity index (χ1) is 15.8. The second-order valence-corrected chi connectivity index (χ2v) is 10.0. The summed E-state index contributed by atoms with van der Waals surface area (Å²) in [5, 5.41) is 0. The smallest absolute Gasteiger partial charge is 0.290 e. The highest BCUT2D eigenvalue weighted by atomic mass is 16.5. The van der Waals surface area contributed by atoms with Crippen molar-refractivity contribution in [3.8, 4) is 5.75 Å². The molecule has 178 valence electrons. The largest absolute Gasteiger partial charge is 0.490 e. The third-order valence-electron chi connectivity index (χ3n) is 7.35. The number of carbonyl (C=O) groups excluding carboxylic acids is 2. The van der Waals surface area contributed by atoms with Crippen LogP contribution in [-0.4, -0.2) is 61.4 Å². The Morgan fingerprint density at radius 2 is 1.97 bits per heavy atom. The molecule has 1 aliphatic carbocycles. The molecule has 5 atom stereocenters. The molecule has 1 fully saturated rings. The Morgan fingerprint density at radius 1 is 1.21 bits per heavy atom. The van der Waals surface area contributed by atoms with E-state index >= 15 is 0 Å². The van der Waals surface area contributed by atoms with Gasteiger partial charge >= 0.3 is 0 Å². The molecule has 3 aliphatic rings. The van der Waals surface area contributed by atoms with E-state index in [9.17, 15) is 9.59 Å². The molecule has 1 aromatic carbocycles. The Labute approximate surface area is 197 Å². The number of amides is 1. The number of benzene rings is 1. The molecule has 1 aromatic rings. The van der Waals surface area contributed by atoms with Crippen molar-refractivity contribution in [2.75, 3.05) is 33.8 Å².